The van der Waals surface area contributed by atoms with Crippen LogP contribution in [0.2, 0.25) is 0 Å². The molecule has 0 unspecified atom stereocenters. The maximum absolute atomic E-state index is 2.49. The van der Waals surface area contributed by atoms with Crippen LogP contribution in [0.1, 0.15) is 73.6 Å². The first-order valence-electron chi connectivity index (χ1n) is 21.8. The maximum Gasteiger partial charge on any atom is 0.0541 e. The van der Waals surface area contributed by atoms with Crippen LogP contribution in [0.25, 0.3) is 66.9 Å². The smallest absolute Gasteiger partial charge is 0.0541 e. The quantitative estimate of drug-likeness (QED) is 0.167. The van der Waals surface area contributed by atoms with E-state index in [1.165, 1.54) is 99.8 Å². The van der Waals surface area contributed by atoms with Gasteiger partial charge in [0.1, 0.15) is 0 Å². The van der Waals surface area contributed by atoms with Crippen LogP contribution in [-0.2, 0) is 5.41 Å². The molecule has 304 valence electrons. The van der Waals surface area contributed by atoms with E-state index >= 15 is 0 Å². The highest BCUT2D eigenvalue weighted by Gasteiger charge is 2.38. The number of hydrogen-bond acceptors (Lipinski definition) is 0. The first kappa shape index (κ1) is 42.4. The second kappa shape index (κ2) is 18.7. The summed E-state index contributed by atoms with van der Waals surface area (Å²) in [6.07, 6.45) is 4.21. The Bertz CT molecular complexity index is 2950. The Morgan fingerprint density at radius 2 is 1.07 bits per heavy atom. The second-order valence-electron chi connectivity index (χ2n) is 16.4. The molecule has 1 aliphatic rings. The summed E-state index contributed by atoms with van der Waals surface area (Å²) in [5, 5.41) is 2.57. The Labute approximate surface area is 364 Å². The minimum atomic E-state index is -0.0871. The van der Waals surface area contributed by atoms with Crippen LogP contribution in [-0.4, -0.2) is 4.57 Å². The zero-order valence-electron chi connectivity index (χ0n) is 37.4. The Morgan fingerprint density at radius 1 is 0.443 bits per heavy atom. The van der Waals surface area contributed by atoms with Gasteiger partial charge in [-0.25, -0.2) is 0 Å². The van der Waals surface area contributed by atoms with Gasteiger partial charge >= 0.3 is 0 Å². The van der Waals surface area contributed by atoms with Gasteiger partial charge in [0.05, 0.1) is 16.7 Å². The van der Waals surface area contributed by atoms with E-state index in [0.29, 0.717) is 0 Å². The zero-order valence-corrected chi connectivity index (χ0v) is 37.4. The fraction of sp³-hybridized carbons (Fsp3) is 0.167. The fourth-order valence-corrected chi connectivity index (χ4v) is 8.83. The molecule has 0 aliphatic heterocycles. The highest BCUT2D eigenvalue weighted by Crippen LogP contribution is 2.51. The summed E-state index contributed by atoms with van der Waals surface area (Å²) in [6, 6.07) is 65.9. The summed E-state index contributed by atoms with van der Waals surface area (Å²) in [5.74, 6) is 0. The van der Waals surface area contributed by atoms with Crippen LogP contribution in [0.15, 0.2) is 188 Å². The van der Waals surface area contributed by atoms with Gasteiger partial charge in [0.15, 0.2) is 0 Å². The number of rotatable bonds is 4. The summed E-state index contributed by atoms with van der Waals surface area (Å²) < 4.78 is 2.49. The number of hydrogen-bond donors (Lipinski definition) is 0. The van der Waals surface area contributed by atoms with Crippen molar-refractivity contribution in [3.8, 4) is 39.1 Å². The molecule has 1 heterocycles. The Morgan fingerprint density at radius 3 is 1.80 bits per heavy atom. The topological polar surface area (TPSA) is 4.93 Å². The minimum absolute atomic E-state index is 0.0871. The Hall–Kier alpha value is -6.70. The first-order chi connectivity index (χ1) is 29.7. The lowest BCUT2D eigenvalue weighted by atomic mass is 9.81. The summed E-state index contributed by atoms with van der Waals surface area (Å²) >= 11 is 0. The van der Waals surface area contributed by atoms with Crippen molar-refractivity contribution < 1.29 is 0 Å². The van der Waals surface area contributed by atoms with E-state index in [0.717, 1.165) is 0 Å². The summed E-state index contributed by atoms with van der Waals surface area (Å²) in [4.78, 5) is 0. The van der Waals surface area contributed by atoms with Crippen LogP contribution in [0.3, 0.4) is 0 Å². The summed E-state index contributed by atoms with van der Waals surface area (Å²) in [7, 11) is 0. The third kappa shape index (κ3) is 8.66. The molecule has 61 heavy (non-hydrogen) atoms. The molecule has 8 aromatic carbocycles. The van der Waals surface area contributed by atoms with Crippen molar-refractivity contribution in [3.05, 3.63) is 227 Å². The molecule has 0 bridgehead atoms. The molecule has 1 heteroatoms. The average Bonchev–Trinajstić information content (AvgIpc) is 3.75. The van der Waals surface area contributed by atoms with Crippen molar-refractivity contribution in [2.24, 2.45) is 0 Å². The third-order valence-corrected chi connectivity index (χ3v) is 11.8. The largest absolute Gasteiger partial charge is 0.309 e. The van der Waals surface area contributed by atoms with E-state index < -0.39 is 0 Å². The molecule has 0 N–H and O–H groups in total. The van der Waals surface area contributed by atoms with Gasteiger partial charge in [-0.1, -0.05) is 203 Å². The molecular weight excluding hydrogens is 735 g/mol. The molecule has 0 spiro atoms. The van der Waals surface area contributed by atoms with Crippen LogP contribution in [0.4, 0.5) is 0 Å². The molecule has 0 saturated carbocycles. The first-order valence-corrected chi connectivity index (χ1v) is 21.8. The molecule has 1 aromatic heterocycles. The lowest BCUT2D eigenvalue weighted by molar-refractivity contribution is 0.656. The van der Waals surface area contributed by atoms with Crippen LogP contribution in [0, 0.1) is 27.7 Å². The molecule has 1 nitrogen and oxygen atoms in total. The van der Waals surface area contributed by atoms with E-state index in [1.807, 2.05) is 39.0 Å². The summed E-state index contributed by atoms with van der Waals surface area (Å²) in [5.41, 5.74) is 20.8. The molecule has 0 radical (unpaired) electrons. The van der Waals surface area contributed by atoms with Gasteiger partial charge in [0.25, 0.3) is 0 Å². The molecule has 0 fully saturated rings. The van der Waals surface area contributed by atoms with E-state index in [1.54, 1.807) is 0 Å². The standard InChI is InChI=1S/C40H31N.C11H14.C7H8.C2H6/c1-26-12-4-5-15-30(26)29-14-10-13-27(24-29)28-22-23-37-34(25-28)32-17-7-9-20-36(32)41(37)38-21-11-18-33-31-16-6-8-19-35(31)40(2,3)39(33)38;1-4-5-11-8-9(2)6-7-10(11)3;1-7-5-3-2-4-6-7;1-2/h4-25H,1-3H3;4-8H,1-3H3;2-6H,1H3;1-2H3/b;5-4-;;. The van der Waals surface area contributed by atoms with E-state index in [2.05, 4.69) is 222 Å². The predicted molar refractivity (Wildman–Crippen MR) is 267 cm³/mol. The normalized spacial score (nSPS) is 12.1. The van der Waals surface area contributed by atoms with Gasteiger partial charge in [0, 0.05) is 16.2 Å². The number of para-hydroxylation sites is 1. The predicted octanol–water partition coefficient (Wildman–Crippen LogP) is 17.1. The monoisotopic (exact) mass is 793 g/mol. The minimum Gasteiger partial charge on any atom is -0.309 e. The SMILES string of the molecule is C/C=C\c1cc(C)ccc1C.CC.Cc1ccccc1.Cc1ccccc1-c1cccc(-c2ccc3c(c2)c2ccccc2n3-c2cccc3c2C(C)(C)c2ccccc2-3)c1. The number of nitrogens with zero attached hydrogens (tertiary/aromatic N) is 1. The number of aromatic nitrogens is 1. The van der Waals surface area contributed by atoms with Gasteiger partial charge < -0.3 is 4.57 Å². The van der Waals surface area contributed by atoms with Crippen molar-refractivity contribution in [1.82, 2.24) is 4.57 Å². The van der Waals surface area contributed by atoms with Crippen LogP contribution >= 0.6 is 0 Å². The highest BCUT2D eigenvalue weighted by molar-refractivity contribution is 6.11. The van der Waals surface area contributed by atoms with Crippen molar-refractivity contribution in [3.63, 3.8) is 0 Å². The summed E-state index contributed by atoms with van der Waals surface area (Å²) in [6.45, 7) is 19.3. The Balaban J connectivity index is 0.000000232. The maximum atomic E-state index is 2.49. The molecule has 0 saturated heterocycles. The van der Waals surface area contributed by atoms with Gasteiger partial charge in [0.2, 0.25) is 0 Å². The van der Waals surface area contributed by atoms with Gasteiger partial charge in [-0.3, -0.25) is 0 Å². The van der Waals surface area contributed by atoms with Gasteiger partial charge in [-0.2, -0.15) is 0 Å². The van der Waals surface area contributed by atoms with Crippen molar-refractivity contribution >= 4 is 27.9 Å². The number of benzene rings is 8. The Kier molecular flexibility index (Phi) is 13.0. The molecule has 1 aliphatic carbocycles. The van der Waals surface area contributed by atoms with Crippen molar-refractivity contribution in [1.29, 1.82) is 0 Å². The zero-order chi connectivity index (χ0) is 43.1. The van der Waals surface area contributed by atoms with E-state index in [9.17, 15) is 0 Å². The lowest BCUT2D eigenvalue weighted by Crippen LogP contribution is -2.17. The average molecular weight is 794 g/mol. The third-order valence-electron chi connectivity index (χ3n) is 11.8. The highest BCUT2D eigenvalue weighted by atomic mass is 15.0. The van der Waals surface area contributed by atoms with Crippen molar-refractivity contribution in [2.75, 3.05) is 0 Å². The molecule has 0 atom stereocenters. The molecule has 10 rings (SSSR count). The fourth-order valence-electron chi connectivity index (χ4n) is 8.83. The van der Waals surface area contributed by atoms with Gasteiger partial charge in [-0.05, 0) is 126 Å². The van der Waals surface area contributed by atoms with E-state index in [4.69, 9.17) is 0 Å². The van der Waals surface area contributed by atoms with Crippen molar-refractivity contribution in [2.45, 2.75) is 67.7 Å². The lowest BCUT2D eigenvalue weighted by Gasteiger charge is -2.25. The van der Waals surface area contributed by atoms with Crippen LogP contribution < -0.4 is 0 Å². The molecule has 0 amide bonds. The number of aryl methyl sites for hydroxylation is 4. The second-order valence-corrected chi connectivity index (χ2v) is 16.4. The number of fused-ring (bicyclic) bond motifs is 6. The molecule has 9 aromatic rings. The molecular formula is C60H59N. The number of allylic oxidation sites excluding steroid dienone is 1. The van der Waals surface area contributed by atoms with Crippen LogP contribution in [0.5, 0.6) is 0 Å². The van der Waals surface area contributed by atoms with E-state index in [-0.39, 0.29) is 5.41 Å². The van der Waals surface area contributed by atoms with Gasteiger partial charge in [-0.15, -0.1) is 0 Å².